The van der Waals surface area contributed by atoms with Crippen LogP contribution < -0.4 is 5.32 Å². The molecular formula is C21H22FN3O2. The molecule has 5 nitrogen and oxygen atoms in total. The molecule has 0 radical (unpaired) electrons. The zero-order valence-electron chi connectivity index (χ0n) is 15.0. The van der Waals surface area contributed by atoms with Crippen molar-refractivity contribution in [1.82, 2.24) is 15.1 Å². The monoisotopic (exact) mass is 367 g/mol. The lowest BCUT2D eigenvalue weighted by molar-refractivity contribution is -0.133. The Morgan fingerprint density at radius 1 is 1.07 bits per heavy atom. The maximum atomic E-state index is 13.3. The number of amides is 2. The van der Waals surface area contributed by atoms with E-state index in [0.29, 0.717) is 25.2 Å². The highest BCUT2D eigenvalue weighted by atomic mass is 19.1. The van der Waals surface area contributed by atoms with E-state index in [0.717, 1.165) is 24.2 Å². The smallest absolute Gasteiger partial charge is 0.252 e. The first-order chi connectivity index (χ1) is 13.1. The summed E-state index contributed by atoms with van der Waals surface area (Å²) < 4.78 is 13.3. The number of nitrogens with one attached hydrogen (secondary N) is 1. The number of halogens is 1. The van der Waals surface area contributed by atoms with Crippen molar-refractivity contribution >= 4 is 11.8 Å². The summed E-state index contributed by atoms with van der Waals surface area (Å²) in [4.78, 5) is 28.8. The Labute approximate surface area is 157 Å². The lowest BCUT2D eigenvalue weighted by Crippen LogP contribution is -2.48. The molecule has 1 atom stereocenters. The van der Waals surface area contributed by atoms with Crippen LogP contribution in [-0.2, 0) is 11.3 Å². The molecule has 0 spiro atoms. The fourth-order valence-corrected chi connectivity index (χ4v) is 3.84. The van der Waals surface area contributed by atoms with E-state index in [9.17, 15) is 14.0 Å². The Balaban J connectivity index is 1.31. The third-order valence-electron chi connectivity index (χ3n) is 5.29. The number of rotatable bonds is 4. The predicted octanol–water partition coefficient (Wildman–Crippen LogP) is 2.34. The van der Waals surface area contributed by atoms with Crippen LogP contribution in [0.1, 0.15) is 33.9 Å². The molecule has 140 valence electrons. The van der Waals surface area contributed by atoms with E-state index in [1.54, 1.807) is 18.2 Å². The summed E-state index contributed by atoms with van der Waals surface area (Å²) in [6.07, 6.45) is 0.284. The number of carbonyl (C=O) groups excluding carboxylic acids is 2. The van der Waals surface area contributed by atoms with Gasteiger partial charge in [-0.2, -0.15) is 0 Å². The Morgan fingerprint density at radius 2 is 1.85 bits per heavy atom. The van der Waals surface area contributed by atoms with E-state index in [4.69, 9.17) is 0 Å². The molecule has 2 aromatic carbocycles. The number of fused-ring (bicyclic) bond motifs is 1. The minimum atomic E-state index is -0.244. The van der Waals surface area contributed by atoms with E-state index in [1.807, 2.05) is 29.2 Å². The van der Waals surface area contributed by atoms with Gasteiger partial charge in [0.15, 0.2) is 0 Å². The van der Waals surface area contributed by atoms with Crippen LogP contribution in [0.4, 0.5) is 4.39 Å². The van der Waals surface area contributed by atoms with Crippen molar-refractivity contribution in [3.63, 3.8) is 0 Å². The quantitative estimate of drug-likeness (QED) is 0.903. The van der Waals surface area contributed by atoms with Crippen molar-refractivity contribution in [2.24, 2.45) is 0 Å². The summed E-state index contributed by atoms with van der Waals surface area (Å²) in [5.74, 6) is -0.272. The molecule has 2 aliphatic rings. The molecular weight excluding hydrogens is 345 g/mol. The molecule has 2 aromatic rings. The zero-order chi connectivity index (χ0) is 18.8. The summed E-state index contributed by atoms with van der Waals surface area (Å²) in [6.45, 7) is 3.50. The highest BCUT2D eigenvalue weighted by Crippen LogP contribution is 2.28. The third-order valence-corrected chi connectivity index (χ3v) is 5.29. The maximum absolute atomic E-state index is 13.3. The van der Waals surface area contributed by atoms with Crippen LogP contribution in [-0.4, -0.2) is 47.8 Å². The molecule has 4 rings (SSSR count). The van der Waals surface area contributed by atoms with Gasteiger partial charge >= 0.3 is 0 Å². The van der Waals surface area contributed by atoms with Crippen LogP contribution in [0.15, 0.2) is 48.5 Å². The van der Waals surface area contributed by atoms with Gasteiger partial charge in [-0.1, -0.05) is 30.3 Å². The minimum Gasteiger partial charge on any atom is -0.345 e. The van der Waals surface area contributed by atoms with Gasteiger partial charge in [0.2, 0.25) is 5.91 Å². The summed E-state index contributed by atoms with van der Waals surface area (Å²) in [7, 11) is 0. The summed E-state index contributed by atoms with van der Waals surface area (Å²) in [5.41, 5.74) is 2.51. The molecule has 1 N–H and O–H groups in total. The number of carbonyl (C=O) groups is 2. The number of hydrogen-bond acceptors (Lipinski definition) is 3. The molecule has 2 aliphatic heterocycles. The second kappa shape index (κ2) is 7.48. The molecule has 0 aliphatic carbocycles. The first kappa shape index (κ1) is 17.7. The van der Waals surface area contributed by atoms with E-state index in [-0.39, 0.29) is 30.1 Å². The van der Waals surface area contributed by atoms with Crippen molar-refractivity contribution in [2.75, 3.05) is 26.2 Å². The summed E-state index contributed by atoms with van der Waals surface area (Å²) >= 11 is 0. The van der Waals surface area contributed by atoms with Crippen molar-refractivity contribution in [3.05, 3.63) is 71.0 Å². The topological polar surface area (TPSA) is 52.7 Å². The van der Waals surface area contributed by atoms with Crippen molar-refractivity contribution < 1.29 is 14.0 Å². The standard InChI is InChI=1S/C21H22FN3O2/c22-16-5-3-4-15(12-16)14-24-8-10-25(11-9-24)20(26)13-19-17-6-1-2-7-18(17)21(27)23-19/h1-7,12,19H,8-11,13-14H2,(H,23,27). The number of benzene rings is 2. The fraction of sp³-hybridized carbons (Fsp3) is 0.333. The van der Waals surface area contributed by atoms with Crippen molar-refractivity contribution in [2.45, 2.75) is 19.0 Å². The predicted molar refractivity (Wildman–Crippen MR) is 99.5 cm³/mol. The van der Waals surface area contributed by atoms with E-state index in [1.165, 1.54) is 6.07 Å². The number of hydrogen-bond donors (Lipinski definition) is 1. The van der Waals surface area contributed by atoms with E-state index in [2.05, 4.69) is 10.2 Å². The third kappa shape index (κ3) is 3.85. The lowest BCUT2D eigenvalue weighted by Gasteiger charge is -2.35. The molecule has 0 bridgehead atoms. The van der Waals surface area contributed by atoms with Crippen molar-refractivity contribution in [1.29, 1.82) is 0 Å². The van der Waals surface area contributed by atoms with Crippen LogP contribution >= 0.6 is 0 Å². The van der Waals surface area contributed by atoms with Crippen molar-refractivity contribution in [3.8, 4) is 0 Å². The Hall–Kier alpha value is -2.73. The number of piperazine rings is 1. The Kier molecular flexibility index (Phi) is 4.90. The highest BCUT2D eigenvalue weighted by molar-refractivity contribution is 5.99. The summed E-state index contributed by atoms with van der Waals surface area (Å²) in [5, 5.41) is 2.90. The molecule has 2 amide bonds. The van der Waals surface area contributed by atoms with Gasteiger partial charge in [0.05, 0.1) is 12.5 Å². The van der Waals surface area contributed by atoms with E-state index < -0.39 is 0 Å². The van der Waals surface area contributed by atoms with Gasteiger partial charge in [-0.25, -0.2) is 4.39 Å². The van der Waals surface area contributed by atoms with Gasteiger partial charge in [0, 0.05) is 38.3 Å². The zero-order valence-corrected chi connectivity index (χ0v) is 15.0. The van der Waals surface area contributed by atoms with Gasteiger partial charge in [0.25, 0.3) is 5.91 Å². The lowest BCUT2D eigenvalue weighted by atomic mass is 10.0. The highest BCUT2D eigenvalue weighted by Gasteiger charge is 2.31. The average molecular weight is 367 g/mol. The fourth-order valence-electron chi connectivity index (χ4n) is 3.84. The van der Waals surface area contributed by atoms with Gasteiger partial charge in [-0.05, 0) is 29.3 Å². The number of nitrogens with zero attached hydrogens (tertiary/aromatic N) is 2. The second-order valence-electron chi connectivity index (χ2n) is 7.10. The average Bonchev–Trinajstić information content (AvgIpc) is 2.98. The van der Waals surface area contributed by atoms with Gasteiger partial charge in [-0.15, -0.1) is 0 Å². The van der Waals surface area contributed by atoms with Crippen LogP contribution in [0.3, 0.4) is 0 Å². The second-order valence-corrected chi connectivity index (χ2v) is 7.10. The van der Waals surface area contributed by atoms with E-state index >= 15 is 0 Å². The van der Waals surface area contributed by atoms with Gasteiger partial charge < -0.3 is 10.2 Å². The largest absolute Gasteiger partial charge is 0.345 e. The van der Waals surface area contributed by atoms with Gasteiger partial charge in [0.1, 0.15) is 5.82 Å². The molecule has 1 saturated heterocycles. The van der Waals surface area contributed by atoms with Crippen LogP contribution in [0.25, 0.3) is 0 Å². The molecule has 0 saturated carbocycles. The molecule has 2 heterocycles. The normalized spacial score (nSPS) is 19.7. The Bertz CT molecular complexity index is 862. The first-order valence-corrected chi connectivity index (χ1v) is 9.24. The summed E-state index contributed by atoms with van der Waals surface area (Å²) in [6, 6.07) is 13.8. The maximum Gasteiger partial charge on any atom is 0.252 e. The van der Waals surface area contributed by atoms with Crippen LogP contribution in [0.5, 0.6) is 0 Å². The molecule has 1 unspecified atom stereocenters. The van der Waals surface area contributed by atoms with Crippen LogP contribution in [0, 0.1) is 5.82 Å². The van der Waals surface area contributed by atoms with Crippen LogP contribution in [0.2, 0.25) is 0 Å². The molecule has 27 heavy (non-hydrogen) atoms. The first-order valence-electron chi connectivity index (χ1n) is 9.24. The SMILES string of the molecule is O=C1NC(CC(=O)N2CCN(Cc3cccc(F)c3)CC2)c2ccccc21. The Morgan fingerprint density at radius 3 is 2.63 bits per heavy atom. The molecule has 0 aromatic heterocycles. The van der Waals surface area contributed by atoms with Gasteiger partial charge in [-0.3, -0.25) is 14.5 Å². The molecule has 6 heteroatoms. The minimum absolute atomic E-state index is 0.0578. The molecule has 1 fully saturated rings.